The molecule has 0 aliphatic heterocycles. The van der Waals surface area contributed by atoms with Gasteiger partial charge in [0.05, 0.1) is 6.04 Å². The average molecular weight is 263 g/mol. The number of carbonyl (C=O) groups is 1. The Morgan fingerprint density at radius 3 is 2.12 bits per heavy atom. The molecule has 0 aromatic heterocycles. The van der Waals surface area contributed by atoms with E-state index >= 15 is 0 Å². The van der Waals surface area contributed by atoms with Crippen molar-refractivity contribution in [3.8, 4) is 0 Å². The van der Waals surface area contributed by atoms with Crippen molar-refractivity contribution in [3.05, 3.63) is 0 Å². The average Bonchev–Trinajstić information content (AvgIpc) is 2.21. The van der Waals surface area contributed by atoms with Crippen LogP contribution in [-0.4, -0.2) is 29.9 Å². The minimum atomic E-state index is -0.000324. The van der Waals surface area contributed by atoms with Gasteiger partial charge in [-0.25, -0.2) is 0 Å². The van der Waals surface area contributed by atoms with Crippen LogP contribution in [0.4, 0.5) is 0 Å². The van der Waals surface area contributed by atoms with Gasteiger partial charge in [0, 0.05) is 17.7 Å². The Morgan fingerprint density at radius 2 is 1.75 bits per heavy atom. The molecule has 2 nitrogen and oxygen atoms in total. The predicted molar refractivity (Wildman–Crippen MR) is 77.0 cm³/mol. The summed E-state index contributed by atoms with van der Waals surface area (Å²) in [6, 6.07) is 0.356. The van der Waals surface area contributed by atoms with E-state index in [-0.39, 0.29) is 12.0 Å². The highest BCUT2D eigenvalue weighted by Crippen LogP contribution is 2.23. The summed E-state index contributed by atoms with van der Waals surface area (Å²) in [5.41, 5.74) is 0. The third-order valence-electron chi connectivity index (χ3n) is 2.41. The molecule has 2 atom stereocenters. The second-order valence-electron chi connectivity index (χ2n) is 4.78. The number of ketones is 1. The van der Waals surface area contributed by atoms with Gasteiger partial charge >= 0.3 is 0 Å². The molecule has 0 bridgehead atoms. The van der Waals surface area contributed by atoms with Crippen molar-refractivity contribution in [1.29, 1.82) is 0 Å². The van der Waals surface area contributed by atoms with E-state index in [1.165, 1.54) is 0 Å². The van der Waals surface area contributed by atoms with Crippen molar-refractivity contribution < 1.29 is 4.79 Å². The number of rotatable bonds is 8. The molecule has 0 spiro atoms. The molecular formula is C12H25NOS2. The molecule has 96 valence electrons. The van der Waals surface area contributed by atoms with Crippen LogP contribution in [-0.2, 0) is 4.79 Å². The van der Waals surface area contributed by atoms with Gasteiger partial charge in [-0.3, -0.25) is 4.79 Å². The Morgan fingerprint density at radius 1 is 1.19 bits per heavy atom. The lowest BCUT2D eigenvalue weighted by Crippen LogP contribution is -2.47. The summed E-state index contributed by atoms with van der Waals surface area (Å²) < 4.78 is 0. The van der Waals surface area contributed by atoms with Crippen LogP contribution >= 0.6 is 21.6 Å². The predicted octanol–water partition coefficient (Wildman–Crippen LogP) is 3.23. The standard InChI is InChI=1S/C12H25NOS2/c1-8(2)12(14)11(13-9(3)4)10(5)7-16-15-6/h8-11,13H,7H2,1-6H3. The molecule has 0 heterocycles. The Bertz CT molecular complexity index is 207. The number of nitrogens with one attached hydrogen (secondary N) is 1. The second-order valence-corrected chi connectivity index (χ2v) is 7.39. The smallest absolute Gasteiger partial charge is 0.152 e. The Hall–Kier alpha value is 0.330. The number of hydrogen-bond acceptors (Lipinski definition) is 4. The minimum absolute atomic E-state index is 0.000324. The summed E-state index contributed by atoms with van der Waals surface area (Å²) in [4.78, 5) is 12.1. The Labute approximate surface area is 108 Å². The first-order valence-corrected chi connectivity index (χ1v) is 8.58. The van der Waals surface area contributed by atoms with Crippen LogP contribution in [0.5, 0.6) is 0 Å². The zero-order valence-corrected chi connectivity index (χ0v) is 12.9. The molecular weight excluding hydrogens is 238 g/mol. The summed E-state index contributed by atoms with van der Waals surface area (Å²) >= 11 is 0. The van der Waals surface area contributed by atoms with Gasteiger partial charge in [-0.2, -0.15) is 0 Å². The SMILES string of the molecule is CSSCC(C)C(NC(C)C)C(=O)C(C)C. The van der Waals surface area contributed by atoms with Crippen LogP contribution < -0.4 is 5.32 Å². The van der Waals surface area contributed by atoms with Crippen molar-refractivity contribution in [2.75, 3.05) is 12.0 Å². The van der Waals surface area contributed by atoms with Crippen LogP contribution in [0.1, 0.15) is 34.6 Å². The van der Waals surface area contributed by atoms with E-state index in [9.17, 15) is 4.79 Å². The fraction of sp³-hybridized carbons (Fsp3) is 0.917. The molecule has 0 saturated heterocycles. The van der Waals surface area contributed by atoms with Crippen LogP contribution in [0.25, 0.3) is 0 Å². The maximum Gasteiger partial charge on any atom is 0.152 e. The van der Waals surface area contributed by atoms with Gasteiger partial charge in [0.15, 0.2) is 5.78 Å². The van der Waals surface area contributed by atoms with Crippen molar-refractivity contribution in [1.82, 2.24) is 5.32 Å². The molecule has 0 amide bonds. The summed E-state index contributed by atoms with van der Waals surface area (Å²) in [6.45, 7) is 10.3. The van der Waals surface area contributed by atoms with Crippen LogP contribution in [0.3, 0.4) is 0 Å². The molecule has 0 aliphatic rings. The van der Waals surface area contributed by atoms with Crippen LogP contribution in [0.15, 0.2) is 0 Å². The molecule has 16 heavy (non-hydrogen) atoms. The first-order valence-electron chi connectivity index (χ1n) is 5.85. The molecule has 0 rings (SSSR count). The van der Waals surface area contributed by atoms with Crippen molar-refractivity contribution in [2.24, 2.45) is 11.8 Å². The fourth-order valence-corrected chi connectivity index (χ4v) is 3.11. The molecule has 0 aromatic carbocycles. The van der Waals surface area contributed by atoms with Crippen molar-refractivity contribution >= 4 is 27.4 Å². The third kappa shape index (κ3) is 6.16. The number of hydrogen-bond donors (Lipinski definition) is 1. The molecule has 0 fully saturated rings. The zero-order valence-electron chi connectivity index (χ0n) is 11.2. The first kappa shape index (κ1) is 16.3. The topological polar surface area (TPSA) is 29.1 Å². The summed E-state index contributed by atoms with van der Waals surface area (Å²) in [6.07, 6.45) is 2.08. The Balaban J connectivity index is 4.46. The van der Waals surface area contributed by atoms with Crippen LogP contribution in [0, 0.1) is 11.8 Å². The molecule has 1 N–H and O–H groups in total. The summed E-state index contributed by atoms with van der Waals surface area (Å²) in [5.74, 6) is 1.85. The molecule has 4 heteroatoms. The van der Waals surface area contributed by atoms with E-state index < -0.39 is 0 Å². The highest BCUT2D eigenvalue weighted by atomic mass is 33.1. The molecule has 0 radical (unpaired) electrons. The summed E-state index contributed by atoms with van der Waals surface area (Å²) in [7, 11) is 3.59. The number of carbonyl (C=O) groups excluding carboxylic acids is 1. The lowest BCUT2D eigenvalue weighted by Gasteiger charge is -2.27. The second kappa shape index (κ2) is 8.43. The van der Waals surface area contributed by atoms with Gasteiger partial charge < -0.3 is 5.32 Å². The van der Waals surface area contributed by atoms with E-state index in [1.54, 1.807) is 10.8 Å². The van der Waals surface area contributed by atoms with Gasteiger partial charge in [0.1, 0.15) is 0 Å². The Kier molecular flexibility index (Phi) is 8.60. The van der Waals surface area contributed by atoms with Gasteiger partial charge in [-0.15, -0.1) is 0 Å². The minimum Gasteiger partial charge on any atom is -0.305 e. The van der Waals surface area contributed by atoms with Gasteiger partial charge in [-0.1, -0.05) is 56.2 Å². The lowest BCUT2D eigenvalue weighted by molar-refractivity contribution is -0.125. The highest BCUT2D eigenvalue weighted by Gasteiger charge is 2.27. The molecule has 0 aromatic rings. The zero-order chi connectivity index (χ0) is 12.7. The first-order chi connectivity index (χ1) is 7.40. The largest absolute Gasteiger partial charge is 0.305 e. The lowest BCUT2D eigenvalue weighted by atomic mass is 9.92. The number of Topliss-reactive ketones (excluding diaryl/α,β-unsaturated/α-hetero) is 1. The maximum absolute atomic E-state index is 12.1. The van der Waals surface area contributed by atoms with E-state index in [0.717, 1.165) is 5.75 Å². The van der Waals surface area contributed by atoms with E-state index in [1.807, 2.05) is 24.6 Å². The van der Waals surface area contributed by atoms with Crippen LogP contribution in [0.2, 0.25) is 0 Å². The van der Waals surface area contributed by atoms with E-state index in [0.29, 0.717) is 17.7 Å². The normalized spacial score (nSPS) is 15.5. The molecule has 0 aliphatic carbocycles. The van der Waals surface area contributed by atoms with Gasteiger partial charge in [-0.05, 0) is 12.2 Å². The summed E-state index contributed by atoms with van der Waals surface area (Å²) in [5, 5.41) is 3.40. The molecule has 2 unspecified atom stereocenters. The highest BCUT2D eigenvalue weighted by molar-refractivity contribution is 8.76. The quantitative estimate of drug-likeness (QED) is 0.681. The van der Waals surface area contributed by atoms with Gasteiger partial charge in [0.2, 0.25) is 0 Å². The molecule has 0 saturated carbocycles. The van der Waals surface area contributed by atoms with E-state index in [2.05, 4.69) is 32.3 Å². The van der Waals surface area contributed by atoms with Crippen molar-refractivity contribution in [2.45, 2.75) is 46.7 Å². The van der Waals surface area contributed by atoms with E-state index in [4.69, 9.17) is 0 Å². The maximum atomic E-state index is 12.1. The third-order valence-corrected chi connectivity index (χ3v) is 4.42. The monoisotopic (exact) mass is 263 g/mol. The van der Waals surface area contributed by atoms with Crippen molar-refractivity contribution in [3.63, 3.8) is 0 Å². The van der Waals surface area contributed by atoms with Gasteiger partial charge in [0.25, 0.3) is 0 Å². The fourth-order valence-electron chi connectivity index (χ4n) is 1.52.